The Labute approximate surface area is 128 Å². The van der Waals surface area contributed by atoms with E-state index in [1.807, 2.05) is 28.9 Å². The van der Waals surface area contributed by atoms with E-state index >= 15 is 0 Å². The van der Waals surface area contributed by atoms with Crippen molar-refractivity contribution in [3.63, 3.8) is 0 Å². The topological polar surface area (TPSA) is 60.4 Å². The Hall–Kier alpha value is -2.12. The van der Waals surface area contributed by atoms with E-state index in [9.17, 15) is 0 Å². The van der Waals surface area contributed by atoms with Gasteiger partial charge in [0.25, 0.3) is 0 Å². The van der Waals surface area contributed by atoms with E-state index in [-0.39, 0.29) is 0 Å². The molecule has 3 rings (SSSR count). The summed E-state index contributed by atoms with van der Waals surface area (Å²) in [5.74, 6) is 0.794. The van der Waals surface area contributed by atoms with E-state index in [2.05, 4.69) is 47.2 Å². The molecule has 1 aliphatic heterocycles. The monoisotopic (exact) mass is 302 g/mol. The van der Waals surface area contributed by atoms with Gasteiger partial charge in [0, 0.05) is 12.7 Å². The molecule has 0 bridgehead atoms. The largest absolute Gasteiger partial charge is 0.299 e. The number of nitrogens with one attached hydrogen (secondary N) is 3. The molecule has 0 saturated heterocycles. The first-order valence-corrected chi connectivity index (χ1v) is 7.27. The number of benzene rings is 1. The van der Waals surface area contributed by atoms with E-state index in [1.54, 1.807) is 0 Å². The molecule has 0 atom stereocenters. The van der Waals surface area contributed by atoms with Gasteiger partial charge in [0.05, 0.1) is 11.3 Å². The number of aromatic nitrogens is 2. The number of aryl methyl sites for hydroxylation is 1. The molecule has 1 aromatic carbocycles. The number of H-pyrrole nitrogens is 1. The molecule has 0 amide bonds. The lowest BCUT2D eigenvalue weighted by molar-refractivity contribution is 0.308. The number of amidine groups is 1. The van der Waals surface area contributed by atoms with Crippen molar-refractivity contribution in [2.75, 3.05) is 6.54 Å². The zero-order valence-corrected chi connectivity index (χ0v) is 13.1. The summed E-state index contributed by atoms with van der Waals surface area (Å²) in [5, 5.41) is 9.39. The number of hydrazine groups is 2. The Morgan fingerprint density at radius 3 is 2.86 bits per heavy atom. The van der Waals surface area contributed by atoms with Gasteiger partial charge in [-0.3, -0.25) is 10.1 Å². The van der Waals surface area contributed by atoms with Crippen molar-refractivity contribution in [3.8, 4) is 5.69 Å². The van der Waals surface area contributed by atoms with Gasteiger partial charge in [0.1, 0.15) is 4.64 Å². The Kier molecular flexibility index (Phi) is 3.52. The normalized spacial score (nSPS) is 14.2. The fourth-order valence-corrected chi connectivity index (χ4v) is 2.67. The van der Waals surface area contributed by atoms with Crippen LogP contribution in [-0.2, 0) is 0 Å². The van der Waals surface area contributed by atoms with Crippen molar-refractivity contribution in [3.05, 3.63) is 45.7 Å². The third-order valence-electron chi connectivity index (χ3n) is 3.75. The molecule has 1 aromatic heterocycles. The minimum absolute atomic E-state index is 0.714. The minimum Gasteiger partial charge on any atom is -0.299 e. The van der Waals surface area contributed by atoms with E-state index in [1.165, 1.54) is 11.1 Å². The lowest BCUT2D eigenvalue weighted by Crippen LogP contribution is -2.40. The van der Waals surface area contributed by atoms with Gasteiger partial charge in [0.15, 0.2) is 5.84 Å². The quantitative estimate of drug-likeness (QED) is 0.761. The van der Waals surface area contributed by atoms with Gasteiger partial charge >= 0.3 is 0 Å². The van der Waals surface area contributed by atoms with Crippen molar-refractivity contribution in [1.29, 1.82) is 0 Å². The molecule has 0 unspecified atom stereocenters. The van der Waals surface area contributed by atoms with Crippen molar-refractivity contribution in [2.45, 2.75) is 20.8 Å². The number of hydrogen-bond donors (Lipinski definition) is 3. The number of rotatable bonds is 3. The van der Waals surface area contributed by atoms with Crippen LogP contribution in [0.4, 0.5) is 0 Å². The molecule has 7 heteroatoms. The number of aromatic amines is 1. The van der Waals surface area contributed by atoms with E-state index < -0.39 is 0 Å². The molecule has 0 saturated carbocycles. The summed E-state index contributed by atoms with van der Waals surface area (Å²) in [6, 6.07) is 6.19. The predicted molar refractivity (Wildman–Crippen MR) is 85.6 cm³/mol. The Morgan fingerprint density at radius 2 is 2.10 bits per heavy atom. The zero-order valence-electron chi connectivity index (χ0n) is 12.3. The molecule has 110 valence electrons. The van der Waals surface area contributed by atoms with Gasteiger partial charge in [-0.15, -0.1) is 10.6 Å². The van der Waals surface area contributed by atoms with Crippen LogP contribution in [-0.4, -0.2) is 27.2 Å². The maximum absolute atomic E-state index is 5.62. The Morgan fingerprint density at radius 1 is 1.29 bits per heavy atom. The highest BCUT2D eigenvalue weighted by atomic mass is 32.1. The maximum Gasteiger partial charge on any atom is 0.177 e. The van der Waals surface area contributed by atoms with E-state index in [0.29, 0.717) is 4.64 Å². The van der Waals surface area contributed by atoms with Crippen LogP contribution in [0.5, 0.6) is 0 Å². The van der Waals surface area contributed by atoms with Crippen LogP contribution in [0.3, 0.4) is 0 Å². The first-order chi connectivity index (χ1) is 10.1. The van der Waals surface area contributed by atoms with Crippen LogP contribution in [0.2, 0.25) is 0 Å². The molecule has 2 heterocycles. The average Bonchev–Trinajstić information content (AvgIpc) is 3.08. The summed E-state index contributed by atoms with van der Waals surface area (Å²) in [7, 11) is 0. The second-order valence-corrected chi connectivity index (χ2v) is 5.34. The number of hydrazone groups is 1. The Balaban J connectivity index is 2.08. The summed E-state index contributed by atoms with van der Waals surface area (Å²) >= 11 is 5.62. The van der Waals surface area contributed by atoms with Crippen LogP contribution < -0.4 is 11.1 Å². The minimum atomic E-state index is 0.714. The molecule has 1 aliphatic rings. The highest BCUT2D eigenvalue weighted by molar-refractivity contribution is 7.71. The lowest BCUT2D eigenvalue weighted by Gasteiger charge is -2.15. The first-order valence-electron chi connectivity index (χ1n) is 6.86. The highest BCUT2D eigenvalue weighted by Crippen LogP contribution is 2.19. The maximum atomic E-state index is 5.62. The molecule has 0 radical (unpaired) electrons. The number of hydrogen-bond acceptors (Lipinski definition) is 5. The molecule has 0 spiro atoms. The van der Waals surface area contributed by atoms with Gasteiger partial charge in [-0.1, -0.05) is 24.4 Å². The van der Waals surface area contributed by atoms with Crippen molar-refractivity contribution < 1.29 is 0 Å². The molecule has 0 fully saturated rings. The summed E-state index contributed by atoms with van der Waals surface area (Å²) in [6.45, 7) is 7.03. The fraction of sp³-hybridized carbons (Fsp3) is 0.286. The summed E-state index contributed by atoms with van der Waals surface area (Å²) in [6.07, 6.45) is 1.89. The summed E-state index contributed by atoms with van der Waals surface area (Å²) in [5.41, 5.74) is 10.1. The van der Waals surface area contributed by atoms with Gasteiger partial charge in [-0.2, -0.15) is 0 Å². The second-order valence-electron chi connectivity index (χ2n) is 4.95. The lowest BCUT2D eigenvalue weighted by atomic mass is 10.1. The Bertz CT molecular complexity index is 757. The van der Waals surface area contributed by atoms with Crippen LogP contribution in [0.15, 0.2) is 29.5 Å². The van der Waals surface area contributed by atoms with Crippen LogP contribution in [0.25, 0.3) is 5.69 Å². The van der Waals surface area contributed by atoms with Crippen LogP contribution in [0, 0.1) is 18.5 Å². The van der Waals surface area contributed by atoms with E-state index in [4.69, 9.17) is 12.2 Å². The fourth-order valence-electron chi connectivity index (χ4n) is 2.37. The van der Waals surface area contributed by atoms with Gasteiger partial charge in [-0.05, 0) is 38.0 Å². The standard InChI is InChI=1S/C14H18N6S/c1-4-19-13(16-17-18-19)11-8-15-20(14(11)21)12-7-5-6-9(2)10(12)3/h5-8,15,17-18H,4H2,1-3H3. The van der Waals surface area contributed by atoms with Crippen molar-refractivity contribution in [1.82, 2.24) is 25.9 Å². The molecule has 6 nitrogen and oxygen atoms in total. The first kappa shape index (κ1) is 13.8. The van der Waals surface area contributed by atoms with Gasteiger partial charge < -0.3 is 0 Å². The number of nitrogens with zero attached hydrogens (tertiary/aromatic N) is 3. The van der Waals surface area contributed by atoms with Crippen LogP contribution >= 0.6 is 12.2 Å². The highest BCUT2D eigenvalue weighted by Gasteiger charge is 2.20. The third-order valence-corrected chi connectivity index (χ3v) is 4.15. The molecule has 3 N–H and O–H groups in total. The molecule has 2 aromatic rings. The summed E-state index contributed by atoms with van der Waals surface area (Å²) in [4.78, 5) is 0. The van der Waals surface area contributed by atoms with Gasteiger partial charge in [-0.25, -0.2) is 10.2 Å². The van der Waals surface area contributed by atoms with E-state index in [0.717, 1.165) is 23.6 Å². The smallest absolute Gasteiger partial charge is 0.177 e. The molecule has 21 heavy (non-hydrogen) atoms. The molecular weight excluding hydrogens is 284 g/mol. The SMILES string of the molecule is CCN1NNN=C1c1c[nH]n(-c2cccc(C)c2C)c1=S. The van der Waals surface area contributed by atoms with Crippen LogP contribution in [0.1, 0.15) is 23.6 Å². The second kappa shape index (κ2) is 5.34. The van der Waals surface area contributed by atoms with Gasteiger partial charge in [0.2, 0.25) is 0 Å². The molecule has 0 aliphatic carbocycles. The molecular formula is C14H18N6S. The summed E-state index contributed by atoms with van der Waals surface area (Å²) < 4.78 is 2.63. The predicted octanol–water partition coefficient (Wildman–Crippen LogP) is 2.16. The average molecular weight is 302 g/mol. The third kappa shape index (κ3) is 2.24. The van der Waals surface area contributed by atoms with Crippen molar-refractivity contribution in [2.24, 2.45) is 5.10 Å². The zero-order chi connectivity index (χ0) is 15.0. The van der Waals surface area contributed by atoms with Crippen molar-refractivity contribution >= 4 is 18.1 Å².